The maximum absolute atomic E-state index is 5.82. The highest BCUT2D eigenvalue weighted by Crippen LogP contribution is 2.32. The molecule has 0 radical (unpaired) electrons. The molecular formula is C15H20N4. The Bertz CT molecular complexity index is 559. The van der Waals surface area contributed by atoms with Crippen LogP contribution in [0.4, 0.5) is 0 Å². The van der Waals surface area contributed by atoms with Gasteiger partial charge in [0.15, 0.2) is 0 Å². The molecule has 4 nitrogen and oxygen atoms in total. The molecular weight excluding hydrogens is 236 g/mol. The minimum absolute atomic E-state index is 0.0487. The highest BCUT2D eigenvalue weighted by Gasteiger charge is 2.20. The first-order chi connectivity index (χ1) is 9.24. The van der Waals surface area contributed by atoms with Crippen LogP contribution in [-0.2, 0) is 13.0 Å². The molecule has 1 aromatic carbocycles. The van der Waals surface area contributed by atoms with Gasteiger partial charge in [0.25, 0.3) is 0 Å². The van der Waals surface area contributed by atoms with Gasteiger partial charge >= 0.3 is 0 Å². The zero-order valence-electron chi connectivity index (χ0n) is 11.3. The number of hydrogen-bond donors (Lipinski definition) is 1. The Kier molecular flexibility index (Phi) is 3.34. The lowest BCUT2D eigenvalue weighted by molar-refractivity contribution is 0.449. The Labute approximate surface area is 113 Å². The van der Waals surface area contributed by atoms with Gasteiger partial charge in [-0.25, -0.2) is 0 Å². The minimum Gasteiger partial charge on any atom is -0.323 e. The molecule has 0 aliphatic heterocycles. The van der Waals surface area contributed by atoms with Crippen LogP contribution in [0.25, 0.3) is 0 Å². The summed E-state index contributed by atoms with van der Waals surface area (Å²) in [6.45, 7) is 2.83. The molecule has 3 rings (SSSR count). The molecule has 19 heavy (non-hydrogen) atoms. The van der Waals surface area contributed by atoms with Crippen molar-refractivity contribution in [1.82, 2.24) is 15.0 Å². The predicted molar refractivity (Wildman–Crippen MR) is 74.7 cm³/mol. The summed E-state index contributed by atoms with van der Waals surface area (Å²) in [5, 5.41) is 8.32. The summed E-state index contributed by atoms with van der Waals surface area (Å²) in [7, 11) is 0. The van der Waals surface area contributed by atoms with Gasteiger partial charge in [0.2, 0.25) is 0 Å². The second-order valence-electron chi connectivity index (χ2n) is 5.44. The van der Waals surface area contributed by atoms with E-state index in [9.17, 15) is 0 Å². The van der Waals surface area contributed by atoms with E-state index in [4.69, 9.17) is 5.73 Å². The van der Waals surface area contributed by atoms with Crippen molar-refractivity contribution in [3.8, 4) is 0 Å². The van der Waals surface area contributed by atoms with E-state index in [1.807, 2.05) is 17.8 Å². The second kappa shape index (κ2) is 5.13. The highest BCUT2D eigenvalue weighted by atomic mass is 15.4. The zero-order chi connectivity index (χ0) is 13.2. The van der Waals surface area contributed by atoms with Crippen molar-refractivity contribution in [2.24, 2.45) is 5.73 Å². The molecule has 0 bridgehead atoms. The summed E-state index contributed by atoms with van der Waals surface area (Å²) >= 11 is 0. The van der Waals surface area contributed by atoms with Crippen molar-refractivity contribution in [2.75, 3.05) is 0 Å². The average molecular weight is 256 g/mol. The molecule has 100 valence electrons. The van der Waals surface area contributed by atoms with Crippen molar-refractivity contribution in [3.63, 3.8) is 0 Å². The van der Waals surface area contributed by atoms with Gasteiger partial charge in [-0.05, 0) is 37.3 Å². The van der Waals surface area contributed by atoms with Gasteiger partial charge < -0.3 is 5.73 Å². The Balaban J connectivity index is 1.80. The largest absolute Gasteiger partial charge is 0.323 e. The number of nitrogens with two attached hydrogens (primary N) is 1. The fraction of sp³-hybridized carbons (Fsp3) is 0.467. The van der Waals surface area contributed by atoms with Gasteiger partial charge in [-0.2, -0.15) is 0 Å². The third kappa shape index (κ3) is 2.54. The monoisotopic (exact) mass is 256 g/mol. The van der Waals surface area contributed by atoms with Gasteiger partial charge in [0, 0.05) is 18.5 Å². The fourth-order valence-electron chi connectivity index (χ4n) is 2.88. The van der Waals surface area contributed by atoms with E-state index in [1.165, 1.54) is 30.4 Å². The molecule has 1 aromatic heterocycles. The molecule has 1 heterocycles. The number of rotatable bonds is 3. The van der Waals surface area contributed by atoms with Crippen LogP contribution >= 0.6 is 0 Å². The standard InChI is InChI=1S/C15H20N4/c1-11(16)15-10-19(18-17-15)9-13-7-4-6-12-5-2-3-8-14(12)13/h2-3,5,8,10-11,13H,4,6-7,9,16H2,1H3. The van der Waals surface area contributed by atoms with Crippen LogP contribution in [0.5, 0.6) is 0 Å². The first kappa shape index (κ1) is 12.4. The summed E-state index contributed by atoms with van der Waals surface area (Å²) in [4.78, 5) is 0. The lowest BCUT2D eigenvalue weighted by Gasteiger charge is -2.25. The zero-order valence-corrected chi connectivity index (χ0v) is 11.3. The van der Waals surface area contributed by atoms with E-state index in [0.717, 1.165) is 12.2 Å². The van der Waals surface area contributed by atoms with E-state index < -0.39 is 0 Å². The van der Waals surface area contributed by atoms with E-state index in [-0.39, 0.29) is 6.04 Å². The molecule has 0 amide bonds. The van der Waals surface area contributed by atoms with E-state index in [1.54, 1.807) is 0 Å². The SMILES string of the molecule is CC(N)c1cn(CC2CCCc3ccccc32)nn1. The second-order valence-corrected chi connectivity index (χ2v) is 5.44. The molecule has 2 aromatic rings. The van der Waals surface area contributed by atoms with Gasteiger partial charge in [0.05, 0.1) is 11.9 Å². The summed E-state index contributed by atoms with van der Waals surface area (Å²) in [5.74, 6) is 0.549. The molecule has 1 aliphatic carbocycles. The maximum Gasteiger partial charge on any atom is 0.0991 e. The summed E-state index contributed by atoms with van der Waals surface area (Å²) in [6.07, 6.45) is 5.66. The van der Waals surface area contributed by atoms with Gasteiger partial charge in [0.1, 0.15) is 0 Å². The lowest BCUT2D eigenvalue weighted by atomic mass is 9.83. The van der Waals surface area contributed by atoms with E-state index >= 15 is 0 Å². The third-order valence-electron chi connectivity index (χ3n) is 3.92. The van der Waals surface area contributed by atoms with Crippen molar-refractivity contribution in [1.29, 1.82) is 0 Å². The van der Waals surface area contributed by atoms with Gasteiger partial charge in [-0.15, -0.1) is 5.10 Å². The first-order valence-corrected chi connectivity index (χ1v) is 6.97. The van der Waals surface area contributed by atoms with Crippen LogP contribution in [0, 0.1) is 0 Å². The first-order valence-electron chi connectivity index (χ1n) is 6.97. The number of hydrogen-bond acceptors (Lipinski definition) is 3. The number of aryl methyl sites for hydroxylation is 1. The summed E-state index contributed by atoms with van der Waals surface area (Å²) < 4.78 is 1.94. The van der Waals surface area contributed by atoms with E-state index in [2.05, 4.69) is 34.6 Å². The Hall–Kier alpha value is -1.68. The molecule has 1 aliphatic rings. The van der Waals surface area contributed by atoms with Gasteiger partial charge in [-0.1, -0.05) is 29.5 Å². The third-order valence-corrected chi connectivity index (χ3v) is 3.92. The molecule has 0 saturated carbocycles. The maximum atomic E-state index is 5.82. The molecule has 0 fully saturated rings. The molecule has 2 unspecified atom stereocenters. The fourth-order valence-corrected chi connectivity index (χ4v) is 2.88. The van der Waals surface area contributed by atoms with Crippen LogP contribution in [0.3, 0.4) is 0 Å². The predicted octanol–water partition coefficient (Wildman–Crippen LogP) is 2.42. The Morgan fingerprint density at radius 2 is 2.26 bits per heavy atom. The summed E-state index contributed by atoms with van der Waals surface area (Å²) in [5.41, 5.74) is 9.66. The van der Waals surface area contributed by atoms with Crippen LogP contribution in [0.15, 0.2) is 30.5 Å². The quantitative estimate of drug-likeness (QED) is 0.917. The van der Waals surface area contributed by atoms with E-state index in [0.29, 0.717) is 5.92 Å². The van der Waals surface area contributed by atoms with Crippen LogP contribution in [0.2, 0.25) is 0 Å². The average Bonchev–Trinajstić information content (AvgIpc) is 2.88. The molecule has 2 N–H and O–H groups in total. The highest BCUT2D eigenvalue weighted by molar-refractivity contribution is 5.32. The number of aromatic nitrogens is 3. The topological polar surface area (TPSA) is 56.7 Å². The van der Waals surface area contributed by atoms with Crippen molar-refractivity contribution in [3.05, 3.63) is 47.3 Å². The van der Waals surface area contributed by atoms with Gasteiger partial charge in [-0.3, -0.25) is 4.68 Å². The molecule has 0 saturated heterocycles. The Morgan fingerprint density at radius 3 is 3.05 bits per heavy atom. The molecule has 4 heteroatoms. The van der Waals surface area contributed by atoms with Crippen LogP contribution < -0.4 is 5.73 Å². The Morgan fingerprint density at radius 1 is 1.42 bits per heavy atom. The number of fused-ring (bicyclic) bond motifs is 1. The van der Waals surface area contributed by atoms with Crippen molar-refractivity contribution < 1.29 is 0 Å². The van der Waals surface area contributed by atoms with Crippen LogP contribution in [-0.4, -0.2) is 15.0 Å². The normalized spacial score (nSPS) is 20.0. The smallest absolute Gasteiger partial charge is 0.0991 e. The van der Waals surface area contributed by atoms with Crippen molar-refractivity contribution in [2.45, 2.75) is 44.7 Å². The summed E-state index contributed by atoms with van der Waals surface area (Å²) in [6, 6.07) is 8.71. The minimum atomic E-state index is -0.0487. The molecule has 2 atom stereocenters. The van der Waals surface area contributed by atoms with Crippen LogP contribution in [0.1, 0.15) is 48.5 Å². The number of benzene rings is 1. The number of nitrogens with zero attached hydrogens (tertiary/aromatic N) is 3. The van der Waals surface area contributed by atoms with Crippen molar-refractivity contribution >= 4 is 0 Å². The lowest BCUT2D eigenvalue weighted by Crippen LogP contribution is -2.16. The molecule has 0 spiro atoms.